The lowest BCUT2D eigenvalue weighted by molar-refractivity contribution is 0.146. The quantitative estimate of drug-likeness (QED) is 0.937. The number of aromatic nitrogens is 2. The lowest BCUT2D eigenvalue weighted by atomic mass is 10.2. The molecule has 0 aliphatic rings. The second-order valence-corrected chi connectivity index (χ2v) is 4.09. The van der Waals surface area contributed by atoms with Gasteiger partial charge in [-0.3, -0.25) is 0 Å². The molecule has 94 valence electrons. The molecule has 1 aromatic carbocycles. The molecule has 2 N–H and O–H groups in total. The van der Waals surface area contributed by atoms with Crippen molar-refractivity contribution in [2.45, 2.75) is 6.61 Å². The number of nitrogens with zero attached hydrogens (tertiary/aromatic N) is 2. The lowest BCUT2D eigenvalue weighted by Gasteiger charge is -1.98. The third-order valence-corrected chi connectivity index (χ3v) is 2.52. The first-order valence-corrected chi connectivity index (χ1v) is 5.52. The number of halogens is 2. The van der Waals surface area contributed by atoms with Crippen LogP contribution in [-0.4, -0.2) is 16.2 Å². The summed E-state index contributed by atoms with van der Waals surface area (Å²) in [5, 5.41) is 4.50. The van der Waals surface area contributed by atoms with E-state index in [1.807, 2.05) is 0 Å². The minimum atomic E-state index is -0.911. The van der Waals surface area contributed by atoms with Crippen LogP contribution in [0.2, 0.25) is 10.0 Å². The Morgan fingerprint density at radius 3 is 2.89 bits per heavy atom. The maximum Gasteiger partial charge on any atom is 0.404 e. The van der Waals surface area contributed by atoms with Gasteiger partial charge in [0.05, 0.1) is 10.6 Å². The van der Waals surface area contributed by atoms with Gasteiger partial charge in [0.15, 0.2) is 6.61 Å². The highest BCUT2D eigenvalue weighted by Gasteiger charge is 2.13. The molecule has 0 aliphatic heterocycles. The SMILES string of the molecule is NC(=O)OCc1noc(-c2ccc(Cl)cc2Cl)n1. The van der Waals surface area contributed by atoms with Gasteiger partial charge in [-0.15, -0.1) is 0 Å². The summed E-state index contributed by atoms with van der Waals surface area (Å²) in [6.07, 6.45) is -0.911. The number of carbonyl (C=O) groups excluding carboxylic acids is 1. The van der Waals surface area contributed by atoms with Gasteiger partial charge in [-0.05, 0) is 18.2 Å². The van der Waals surface area contributed by atoms with Crippen molar-refractivity contribution in [3.63, 3.8) is 0 Å². The monoisotopic (exact) mass is 287 g/mol. The molecule has 1 aromatic heterocycles. The van der Waals surface area contributed by atoms with Gasteiger partial charge in [0.2, 0.25) is 5.82 Å². The summed E-state index contributed by atoms with van der Waals surface area (Å²) >= 11 is 11.8. The van der Waals surface area contributed by atoms with E-state index in [1.54, 1.807) is 18.2 Å². The molecule has 8 heteroatoms. The number of primary amides is 1. The Balaban J connectivity index is 2.21. The van der Waals surface area contributed by atoms with Crippen LogP contribution >= 0.6 is 23.2 Å². The van der Waals surface area contributed by atoms with Crippen molar-refractivity contribution >= 4 is 29.3 Å². The largest absolute Gasteiger partial charge is 0.441 e. The maximum atomic E-state index is 10.4. The summed E-state index contributed by atoms with van der Waals surface area (Å²) in [6.45, 7) is -0.163. The molecule has 0 saturated carbocycles. The minimum absolute atomic E-state index is 0.163. The summed E-state index contributed by atoms with van der Waals surface area (Å²) in [7, 11) is 0. The average molecular weight is 288 g/mol. The number of amides is 1. The Morgan fingerprint density at radius 1 is 1.44 bits per heavy atom. The summed E-state index contributed by atoms with van der Waals surface area (Å²) in [5.41, 5.74) is 5.36. The lowest BCUT2D eigenvalue weighted by Crippen LogP contribution is -2.13. The predicted molar refractivity (Wildman–Crippen MR) is 64.1 cm³/mol. The van der Waals surface area contributed by atoms with E-state index in [-0.39, 0.29) is 18.3 Å². The first-order valence-electron chi connectivity index (χ1n) is 4.76. The van der Waals surface area contributed by atoms with E-state index in [2.05, 4.69) is 14.9 Å². The predicted octanol–water partition coefficient (Wildman–Crippen LogP) is 2.64. The Bertz CT molecular complexity index is 585. The van der Waals surface area contributed by atoms with Crippen LogP contribution in [0.25, 0.3) is 11.5 Å². The first-order chi connectivity index (χ1) is 8.56. The normalized spacial score (nSPS) is 10.3. The van der Waals surface area contributed by atoms with Crippen molar-refractivity contribution < 1.29 is 14.1 Å². The molecule has 0 spiro atoms. The van der Waals surface area contributed by atoms with Crippen LogP contribution in [0.5, 0.6) is 0 Å². The zero-order valence-electron chi connectivity index (χ0n) is 8.89. The summed E-state index contributed by atoms with van der Waals surface area (Å²) in [4.78, 5) is 14.4. The van der Waals surface area contributed by atoms with Crippen LogP contribution in [-0.2, 0) is 11.3 Å². The fourth-order valence-electron chi connectivity index (χ4n) is 1.22. The van der Waals surface area contributed by atoms with Gasteiger partial charge in [0, 0.05) is 5.02 Å². The molecule has 2 rings (SSSR count). The molecule has 2 aromatic rings. The smallest absolute Gasteiger partial charge is 0.404 e. The molecule has 0 unspecified atom stereocenters. The van der Waals surface area contributed by atoms with Crippen LogP contribution in [0.15, 0.2) is 22.7 Å². The highest BCUT2D eigenvalue weighted by molar-refractivity contribution is 6.36. The highest BCUT2D eigenvalue weighted by Crippen LogP contribution is 2.29. The van der Waals surface area contributed by atoms with E-state index < -0.39 is 6.09 Å². The van der Waals surface area contributed by atoms with Gasteiger partial charge in [0.25, 0.3) is 5.89 Å². The van der Waals surface area contributed by atoms with Crippen molar-refractivity contribution in [3.05, 3.63) is 34.1 Å². The highest BCUT2D eigenvalue weighted by atomic mass is 35.5. The molecule has 0 bridgehead atoms. The zero-order chi connectivity index (χ0) is 13.1. The minimum Gasteiger partial charge on any atom is -0.441 e. The fraction of sp³-hybridized carbons (Fsp3) is 0.100. The van der Waals surface area contributed by atoms with Crippen molar-refractivity contribution in [2.75, 3.05) is 0 Å². The standard InChI is InChI=1S/C10H7Cl2N3O3/c11-5-1-2-6(7(12)3-5)9-14-8(15-18-9)4-17-10(13)16/h1-3H,4H2,(H2,13,16). The van der Waals surface area contributed by atoms with Crippen LogP contribution in [0, 0.1) is 0 Å². The fourth-order valence-corrected chi connectivity index (χ4v) is 1.71. The first kappa shape index (κ1) is 12.7. The van der Waals surface area contributed by atoms with E-state index in [1.165, 1.54) is 0 Å². The van der Waals surface area contributed by atoms with E-state index >= 15 is 0 Å². The molecule has 6 nitrogen and oxygen atoms in total. The number of hydrogen-bond donors (Lipinski definition) is 1. The van der Waals surface area contributed by atoms with Crippen molar-refractivity contribution in [1.29, 1.82) is 0 Å². The molecule has 0 radical (unpaired) electrons. The number of benzene rings is 1. The van der Waals surface area contributed by atoms with Gasteiger partial charge < -0.3 is 15.0 Å². The van der Waals surface area contributed by atoms with Gasteiger partial charge in [-0.2, -0.15) is 4.98 Å². The maximum absolute atomic E-state index is 10.4. The number of nitrogens with two attached hydrogens (primary N) is 1. The van der Waals surface area contributed by atoms with E-state index in [0.29, 0.717) is 15.6 Å². The molecule has 1 amide bonds. The molecule has 0 atom stereocenters. The summed E-state index contributed by atoms with van der Waals surface area (Å²) < 4.78 is 9.51. The van der Waals surface area contributed by atoms with E-state index in [4.69, 9.17) is 33.5 Å². The third kappa shape index (κ3) is 2.91. The topological polar surface area (TPSA) is 91.2 Å². The second-order valence-electron chi connectivity index (χ2n) is 3.25. The molecular formula is C10H7Cl2N3O3. The molecule has 0 aliphatic carbocycles. The number of ether oxygens (including phenoxy) is 1. The Kier molecular flexibility index (Phi) is 3.69. The summed E-state index contributed by atoms with van der Waals surface area (Å²) in [6, 6.07) is 4.85. The molecular weight excluding hydrogens is 281 g/mol. The van der Waals surface area contributed by atoms with Gasteiger partial charge in [0.1, 0.15) is 0 Å². The zero-order valence-corrected chi connectivity index (χ0v) is 10.4. The van der Waals surface area contributed by atoms with E-state index in [0.717, 1.165) is 0 Å². The van der Waals surface area contributed by atoms with Crippen molar-refractivity contribution in [3.8, 4) is 11.5 Å². The molecule has 0 fully saturated rings. The Hall–Kier alpha value is -1.79. The molecule has 1 heterocycles. The second kappa shape index (κ2) is 5.24. The molecule has 18 heavy (non-hydrogen) atoms. The van der Waals surface area contributed by atoms with Crippen LogP contribution in [0.3, 0.4) is 0 Å². The molecule has 0 saturated heterocycles. The van der Waals surface area contributed by atoms with Crippen molar-refractivity contribution in [2.24, 2.45) is 5.73 Å². The number of carbonyl (C=O) groups is 1. The number of rotatable bonds is 3. The van der Waals surface area contributed by atoms with Crippen LogP contribution < -0.4 is 5.73 Å². The van der Waals surface area contributed by atoms with Crippen LogP contribution in [0.4, 0.5) is 4.79 Å². The van der Waals surface area contributed by atoms with Gasteiger partial charge in [-0.25, -0.2) is 4.79 Å². The summed E-state index contributed by atoms with van der Waals surface area (Å²) in [5.74, 6) is 0.398. The third-order valence-electron chi connectivity index (χ3n) is 1.97. The number of hydrogen-bond acceptors (Lipinski definition) is 5. The van der Waals surface area contributed by atoms with Gasteiger partial charge in [-0.1, -0.05) is 28.4 Å². The Labute approximate surface area is 112 Å². The van der Waals surface area contributed by atoms with Crippen molar-refractivity contribution in [1.82, 2.24) is 10.1 Å². The Morgan fingerprint density at radius 2 is 2.22 bits per heavy atom. The van der Waals surface area contributed by atoms with Crippen LogP contribution in [0.1, 0.15) is 5.82 Å². The average Bonchev–Trinajstić information content (AvgIpc) is 2.75. The van der Waals surface area contributed by atoms with E-state index in [9.17, 15) is 4.79 Å². The van der Waals surface area contributed by atoms with Gasteiger partial charge >= 0.3 is 6.09 Å².